The molecule has 0 bridgehead atoms. The van der Waals surface area contributed by atoms with Gasteiger partial charge in [0.25, 0.3) is 9.84 Å². The zero-order valence-electron chi connectivity index (χ0n) is 13.1. The van der Waals surface area contributed by atoms with Crippen molar-refractivity contribution in [3.63, 3.8) is 0 Å². The van der Waals surface area contributed by atoms with E-state index in [0.717, 1.165) is 24.3 Å². The second-order valence-electron chi connectivity index (χ2n) is 4.91. The van der Waals surface area contributed by atoms with Crippen molar-refractivity contribution in [1.82, 2.24) is 0 Å². The number of nitrogens with one attached hydrogen (secondary N) is 1. The summed E-state index contributed by atoms with van der Waals surface area (Å²) >= 11 is 3.13. The second-order valence-corrected chi connectivity index (χ2v) is 7.73. The number of hydrogen-bond donors (Lipinski definition) is 1. The lowest BCUT2D eigenvalue weighted by Crippen LogP contribution is -2.17. The molecule has 2 aromatic carbocycles. The van der Waals surface area contributed by atoms with Crippen LogP contribution in [-0.2, 0) is 9.84 Å². The minimum Gasteiger partial charge on any atom is -0.406 e. The van der Waals surface area contributed by atoms with Crippen molar-refractivity contribution in [2.45, 2.75) is 11.3 Å². The molecule has 0 saturated heterocycles. The smallest absolute Gasteiger partial charge is 0.406 e. The van der Waals surface area contributed by atoms with Gasteiger partial charge in [-0.1, -0.05) is 15.9 Å². The van der Waals surface area contributed by atoms with Gasteiger partial charge in [-0.25, -0.2) is 8.42 Å². The first kappa shape index (κ1) is 20.7. The summed E-state index contributed by atoms with van der Waals surface area (Å²) in [5.74, 6) is -0.492. The minimum absolute atomic E-state index is 0.120. The summed E-state index contributed by atoms with van der Waals surface area (Å²) in [6, 6.07) is 9.44. The molecule has 12 heteroatoms. The fourth-order valence-corrected chi connectivity index (χ4v) is 3.27. The molecule has 27 heavy (non-hydrogen) atoms. The van der Waals surface area contributed by atoms with Crippen molar-refractivity contribution in [3.8, 4) is 5.75 Å². The third-order valence-electron chi connectivity index (χ3n) is 3.03. The fraction of sp³-hybridized carbons (Fsp3) is 0.0667. The number of sulfone groups is 1. The van der Waals surface area contributed by atoms with E-state index in [0.29, 0.717) is 10.7 Å². The summed E-state index contributed by atoms with van der Waals surface area (Å²) < 4.78 is 65.4. The molecular formula is C15H10BrF3N2O5S. The Morgan fingerprint density at radius 2 is 1.67 bits per heavy atom. The number of halogens is 4. The van der Waals surface area contributed by atoms with Gasteiger partial charge in [0.15, 0.2) is 0 Å². The maximum absolute atomic E-state index is 12.4. The van der Waals surface area contributed by atoms with Gasteiger partial charge >= 0.3 is 11.4 Å². The van der Waals surface area contributed by atoms with Crippen molar-refractivity contribution >= 4 is 31.5 Å². The summed E-state index contributed by atoms with van der Waals surface area (Å²) in [6.45, 7) is 0. The molecule has 2 rings (SSSR count). The first-order chi connectivity index (χ1) is 12.5. The lowest BCUT2D eigenvalue weighted by molar-refractivity contribution is -0.411. The van der Waals surface area contributed by atoms with Crippen LogP contribution in [0.1, 0.15) is 0 Å². The maximum atomic E-state index is 12.4. The molecule has 0 aliphatic carbocycles. The summed E-state index contributed by atoms with van der Waals surface area (Å²) in [5.41, 5.74) is 0.120. The number of nitro groups is 1. The average molecular weight is 467 g/mol. The van der Waals surface area contributed by atoms with Crippen LogP contribution >= 0.6 is 15.9 Å². The van der Waals surface area contributed by atoms with Crippen LogP contribution in [0.15, 0.2) is 69.1 Å². The van der Waals surface area contributed by atoms with Gasteiger partial charge in [-0.05, 0) is 48.5 Å². The van der Waals surface area contributed by atoms with Gasteiger partial charge in [-0.2, -0.15) is 0 Å². The highest BCUT2D eigenvalue weighted by molar-refractivity contribution is 9.10. The van der Waals surface area contributed by atoms with E-state index in [1.807, 2.05) is 0 Å². The van der Waals surface area contributed by atoms with Crippen LogP contribution in [-0.4, -0.2) is 19.7 Å². The first-order valence-corrected chi connectivity index (χ1v) is 9.24. The Balaban J connectivity index is 2.25. The standard InChI is InChI=1S/C15H10BrF3N2O5S/c16-10-1-7-13(8-2-10)27(24,25)14(21(22)23)9-20-11-3-5-12(6-4-11)26-15(17,18)19/h1-9,20H. The molecule has 0 heterocycles. The van der Waals surface area contributed by atoms with Crippen LogP contribution in [0.25, 0.3) is 0 Å². The highest BCUT2D eigenvalue weighted by Gasteiger charge is 2.32. The molecule has 2 aromatic rings. The predicted molar refractivity (Wildman–Crippen MR) is 93.2 cm³/mol. The van der Waals surface area contributed by atoms with E-state index in [1.165, 1.54) is 24.3 Å². The third kappa shape index (κ3) is 5.69. The van der Waals surface area contributed by atoms with Crippen LogP contribution in [0, 0.1) is 10.1 Å². The van der Waals surface area contributed by atoms with Gasteiger partial charge in [0.05, 0.1) is 16.0 Å². The monoisotopic (exact) mass is 466 g/mol. The van der Waals surface area contributed by atoms with Crippen LogP contribution in [0.5, 0.6) is 5.75 Å². The Labute approximate surface area is 159 Å². The molecule has 0 atom stereocenters. The molecule has 0 amide bonds. The third-order valence-corrected chi connectivity index (χ3v) is 5.27. The molecule has 0 spiro atoms. The molecule has 7 nitrogen and oxygen atoms in total. The minimum atomic E-state index is -4.85. The number of alkyl halides is 3. The molecule has 0 unspecified atom stereocenters. The molecule has 0 fully saturated rings. The van der Waals surface area contributed by atoms with Gasteiger partial charge in [0.1, 0.15) is 5.75 Å². The molecular weight excluding hydrogens is 457 g/mol. The number of ether oxygens (including phenoxy) is 1. The van der Waals surface area contributed by atoms with Crippen molar-refractivity contribution in [2.24, 2.45) is 0 Å². The van der Waals surface area contributed by atoms with Crippen molar-refractivity contribution in [2.75, 3.05) is 5.32 Å². The van der Waals surface area contributed by atoms with E-state index in [-0.39, 0.29) is 10.6 Å². The Kier molecular flexibility index (Phi) is 6.11. The van der Waals surface area contributed by atoms with Gasteiger partial charge in [0, 0.05) is 10.2 Å². The Bertz CT molecular complexity index is 958. The van der Waals surface area contributed by atoms with Crippen LogP contribution < -0.4 is 10.1 Å². The lowest BCUT2D eigenvalue weighted by Gasteiger charge is -2.09. The highest BCUT2D eigenvalue weighted by atomic mass is 79.9. The zero-order valence-corrected chi connectivity index (χ0v) is 15.5. The van der Waals surface area contributed by atoms with E-state index in [1.54, 1.807) is 0 Å². The van der Waals surface area contributed by atoms with E-state index in [4.69, 9.17) is 0 Å². The molecule has 0 saturated carbocycles. The number of nitrogens with zero attached hydrogens (tertiary/aromatic N) is 1. The van der Waals surface area contributed by atoms with Crippen molar-refractivity contribution in [3.05, 3.63) is 74.3 Å². The van der Waals surface area contributed by atoms with Crippen molar-refractivity contribution in [1.29, 1.82) is 0 Å². The fourth-order valence-electron chi connectivity index (χ4n) is 1.86. The van der Waals surface area contributed by atoms with E-state index in [2.05, 4.69) is 26.0 Å². The summed E-state index contributed by atoms with van der Waals surface area (Å²) in [7, 11) is -4.41. The Morgan fingerprint density at radius 3 is 2.15 bits per heavy atom. The van der Waals surface area contributed by atoms with E-state index >= 15 is 0 Å². The van der Waals surface area contributed by atoms with Crippen LogP contribution in [0.3, 0.4) is 0 Å². The summed E-state index contributed by atoms with van der Waals surface area (Å²) in [4.78, 5) is 9.82. The topological polar surface area (TPSA) is 98.5 Å². The van der Waals surface area contributed by atoms with Gasteiger partial charge < -0.3 is 10.1 Å². The van der Waals surface area contributed by atoms with Gasteiger partial charge in [-0.3, -0.25) is 10.1 Å². The number of rotatable bonds is 6. The average Bonchev–Trinajstić information content (AvgIpc) is 2.55. The quantitative estimate of drug-likeness (QED) is 0.503. The predicted octanol–water partition coefficient (Wildman–Crippen LogP) is 4.31. The normalized spacial score (nSPS) is 12.5. The number of benzene rings is 2. The molecule has 1 N–H and O–H groups in total. The van der Waals surface area contributed by atoms with Gasteiger partial charge in [-0.15, -0.1) is 13.2 Å². The van der Waals surface area contributed by atoms with Crippen LogP contribution in [0.2, 0.25) is 0 Å². The largest absolute Gasteiger partial charge is 0.573 e. The summed E-state index contributed by atoms with van der Waals surface area (Å²) in [6.07, 6.45) is -4.20. The molecule has 0 radical (unpaired) electrons. The maximum Gasteiger partial charge on any atom is 0.573 e. The Hall–Kier alpha value is -2.60. The molecule has 0 aliphatic heterocycles. The SMILES string of the molecule is O=[N+]([O-])C(=CNc1ccc(OC(F)(F)F)cc1)S(=O)(=O)c1ccc(Br)cc1. The zero-order chi connectivity index (χ0) is 20.2. The first-order valence-electron chi connectivity index (χ1n) is 6.96. The Morgan fingerprint density at radius 1 is 1.11 bits per heavy atom. The highest BCUT2D eigenvalue weighted by Crippen LogP contribution is 2.25. The molecule has 144 valence electrons. The summed E-state index contributed by atoms with van der Waals surface area (Å²) in [5, 5.41) is 12.4. The van der Waals surface area contributed by atoms with Crippen LogP contribution in [0.4, 0.5) is 18.9 Å². The molecule has 0 aliphatic rings. The van der Waals surface area contributed by atoms with Gasteiger partial charge in [0.2, 0.25) is 0 Å². The van der Waals surface area contributed by atoms with E-state index in [9.17, 15) is 31.7 Å². The van der Waals surface area contributed by atoms with E-state index < -0.39 is 31.9 Å². The second kappa shape index (κ2) is 7.96. The van der Waals surface area contributed by atoms with Crippen molar-refractivity contribution < 1.29 is 31.2 Å². The molecule has 0 aromatic heterocycles. The number of hydrogen-bond acceptors (Lipinski definition) is 6. The lowest BCUT2D eigenvalue weighted by atomic mass is 10.3. The number of anilines is 1.